The van der Waals surface area contributed by atoms with Gasteiger partial charge in [0.15, 0.2) is 5.76 Å². The monoisotopic (exact) mass is 498 g/mol. The summed E-state index contributed by atoms with van der Waals surface area (Å²) in [6.45, 7) is 3.40. The Balaban J connectivity index is 1.59. The molecule has 0 bridgehead atoms. The highest BCUT2D eigenvalue weighted by molar-refractivity contribution is 6.32. The number of aromatic nitrogens is 2. The lowest BCUT2D eigenvalue weighted by Gasteiger charge is -2.11. The maximum atomic E-state index is 13.4. The SMILES string of the molecule is CC1=NN(c2ccc([N+](=O)[O-])cc2[N+](=O)[O-])C(=O)C1=Cc1cn(-c2ccccc2)nc1-c1ccc(C)o1. The van der Waals surface area contributed by atoms with Crippen LogP contribution in [0.1, 0.15) is 18.2 Å². The average molecular weight is 498 g/mol. The van der Waals surface area contributed by atoms with Gasteiger partial charge in [-0.2, -0.15) is 15.2 Å². The van der Waals surface area contributed by atoms with E-state index in [1.807, 2.05) is 37.3 Å². The van der Waals surface area contributed by atoms with E-state index in [1.165, 1.54) is 0 Å². The van der Waals surface area contributed by atoms with Crippen LogP contribution < -0.4 is 5.01 Å². The molecule has 0 unspecified atom stereocenters. The number of benzene rings is 2. The van der Waals surface area contributed by atoms with Gasteiger partial charge >= 0.3 is 5.69 Å². The van der Waals surface area contributed by atoms with Gasteiger partial charge < -0.3 is 4.42 Å². The van der Waals surface area contributed by atoms with E-state index in [0.29, 0.717) is 28.5 Å². The van der Waals surface area contributed by atoms with Crippen LogP contribution >= 0.6 is 0 Å². The highest BCUT2D eigenvalue weighted by Gasteiger charge is 2.34. The van der Waals surface area contributed by atoms with Crippen LogP contribution in [0.5, 0.6) is 0 Å². The van der Waals surface area contributed by atoms with Gasteiger partial charge in [-0.1, -0.05) is 18.2 Å². The Kier molecular flexibility index (Phi) is 5.68. The highest BCUT2D eigenvalue weighted by atomic mass is 16.6. The molecule has 12 heteroatoms. The van der Waals surface area contributed by atoms with E-state index in [-0.39, 0.29) is 11.3 Å². The Hall–Kier alpha value is -5.39. The molecule has 37 heavy (non-hydrogen) atoms. The van der Waals surface area contributed by atoms with E-state index in [2.05, 4.69) is 10.2 Å². The summed E-state index contributed by atoms with van der Waals surface area (Å²) in [5, 5.41) is 32.4. The number of aryl methyl sites for hydroxylation is 1. The van der Waals surface area contributed by atoms with Crippen LogP contribution in [0.15, 0.2) is 82.0 Å². The second-order valence-electron chi connectivity index (χ2n) is 8.17. The molecule has 0 radical (unpaired) electrons. The van der Waals surface area contributed by atoms with Crippen LogP contribution in [-0.4, -0.2) is 31.2 Å². The molecule has 0 spiro atoms. The minimum absolute atomic E-state index is 0.176. The molecule has 5 rings (SSSR count). The average Bonchev–Trinajstić information content (AvgIpc) is 3.58. The predicted molar refractivity (Wildman–Crippen MR) is 134 cm³/mol. The molecule has 1 amide bonds. The molecule has 1 aliphatic heterocycles. The van der Waals surface area contributed by atoms with Crippen molar-refractivity contribution >= 4 is 34.8 Å². The summed E-state index contributed by atoms with van der Waals surface area (Å²) in [4.78, 5) is 34.5. The first-order chi connectivity index (χ1) is 17.7. The summed E-state index contributed by atoms with van der Waals surface area (Å²) in [5.74, 6) is 0.569. The third-order valence-electron chi connectivity index (χ3n) is 5.69. The Bertz CT molecular complexity index is 1630. The summed E-state index contributed by atoms with van der Waals surface area (Å²) in [5.41, 5.74) is 1.10. The predicted octanol–water partition coefficient (Wildman–Crippen LogP) is 5.06. The zero-order valence-corrected chi connectivity index (χ0v) is 19.6. The number of rotatable bonds is 6. The smallest absolute Gasteiger partial charge is 0.301 e. The number of nitrogens with zero attached hydrogens (tertiary/aromatic N) is 6. The molecule has 2 aromatic heterocycles. The first kappa shape index (κ1) is 23.4. The van der Waals surface area contributed by atoms with E-state index >= 15 is 0 Å². The van der Waals surface area contributed by atoms with E-state index in [9.17, 15) is 25.0 Å². The highest BCUT2D eigenvalue weighted by Crippen LogP contribution is 2.36. The summed E-state index contributed by atoms with van der Waals surface area (Å²) in [6, 6.07) is 16.0. The number of carbonyl (C=O) groups is 1. The maximum absolute atomic E-state index is 13.4. The van der Waals surface area contributed by atoms with Crippen molar-refractivity contribution in [1.82, 2.24) is 9.78 Å². The molecule has 0 fully saturated rings. The number of carbonyl (C=O) groups excluding carboxylic acids is 1. The maximum Gasteiger partial charge on any atom is 0.301 e. The van der Waals surface area contributed by atoms with E-state index < -0.39 is 27.1 Å². The van der Waals surface area contributed by atoms with Gasteiger partial charge in [0.2, 0.25) is 0 Å². The van der Waals surface area contributed by atoms with Crippen molar-refractivity contribution in [3.8, 4) is 17.1 Å². The number of furan rings is 1. The normalized spacial score (nSPS) is 14.3. The van der Waals surface area contributed by atoms with Crippen LogP contribution in [0.4, 0.5) is 17.1 Å². The standard InChI is InChI=1S/C25H18N6O6/c1-15-8-11-23(37-15)24-17(14-28(27-24)18-6-4-3-5-7-18)12-20-16(2)26-29(25(20)32)21-10-9-19(30(33)34)13-22(21)31(35)36/h3-14H,1-2H3. The van der Waals surface area contributed by atoms with Gasteiger partial charge in [0, 0.05) is 17.8 Å². The summed E-state index contributed by atoms with van der Waals surface area (Å²) in [6.07, 6.45) is 3.34. The summed E-state index contributed by atoms with van der Waals surface area (Å²) in [7, 11) is 0. The zero-order chi connectivity index (χ0) is 26.3. The minimum Gasteiger partial charge on any atom is -0.460 e. The van der Waals surface area contributed by atoms with Crippen molar-refractivity contribution in [1.29, 1.82) is 0 Å². The van der Waals surface area contributed by atoms with Gasteiger partial charge in [-0.05, 0) is 50.3 Å². The molecular formula is C25H18N6O6. The van der Waals surface area contributed by atoms with Crippen LogP contribution in [0.2, 0.25) is 0 Å². The first-order valence-electron chi connectivity index (χ1n) is 11.0. The van der Waals surface area contributed by atoms with E-state index in [1.54, 1.807) is 36.0 Å². The van der Waals surface area contributed by atoms with Crippen molar-refractivity contribution in [2.75, 3.05) is 5.01 Å². The number of anilines is 1. The van der Waals surface area contributed by atoms with Crippen LogP contribution in [0, 0.1) is 27.2 Å². The van der Waals surface area contributed by atoms with Crippen LogP contribution in [0.3, 0.4) is 0 Å². The number of hydrogen-bond acceptors (Lipinski definition) is 8. The van der Waals surface area contributed by atoms with Crippen molar-refractivity contribution in [3.05, 3.63) is 104 Å². The molecule has 4 aromatic rings. The number of hydrogen-bond donors (Lipinski definition) is 0. The van der Waals surface area contributed by atoms with Gasteiger partial charge in [-0.3, -0.25) is 25.0 Å². The van der Waals surface area contributed by atoms with Gasteiger partial charge in [0.25, 0.3) is 11.6 Å². The molecule has 2 aromatic carbocycles. The van der Waals surface area contributed by atoms with Gasteiger partial charge in [0.05, 0.1) is 32.9 Å². The van der Waals surface area contributed by atoms with E-state index in [4.69, 9.17) is 4.42 Å². The molecule has 0 aliphatic carbocycles. The molecule has 0 atom stereocenters. The molecule has 1 aliphatic rings. The van der Waals surface area contributed by atoms with Crippen molar-refractivity contribution in [3.63, 3.8) is 0 Å². The van der Waals surface area contributed by atoms with Crippen LogP contribution in [-0.2, 0) is 4.79 Å². The number of nitro groups is 2. The third kappa shape index (κ3) is 4.27. The molecule has 3 heterocycles. The van der Waals surface area contributed by atoms with Crippen molar-refractivity contribution in [2.24, 2.45) is 5.10 Å². The van der Waals surface area contributed by atoms with Crippen molar-refractivity contribution in [2.45, 2.75) is 13.8 Å². The lowest BCUT2D eigenvalue weighted by atomic mass is 10.1. The van der Waals surface area contributed by atoms with Crippen LogP contribution in [0.25, 0.3) is 23.2 Å². The number of para-hydroxylation sites is 1. The fourth-order valence-corrected chi connectivity index (χ4v) is 3.91. The molecule has 12 nitrogen and oxygen atoms in total. The minimum atomic E-state index is -0.788. The lowest BCUT2D eigenvalue weighted by Crippen LogP contribution is -2.22. The van der Waals surface area contributed by atoms with Gasteiger partial charge in [-0.15, -0.1) is 0 Å². The number of hydrazone groups is 1. The topological polar surface area (TPSA) is 150 Å². The zero-order valence-electron chi connectivity index (χ0n) is 19.6. The Morgan fingerprint density at radius 1 is 0.973 bits per heavy atom. The van der Waals surface area contributed by atoms with Gasteiger partial charge in [-0.25, -0.2) is 4.68 Å². The summed E-state index contributed by atoms with van der Waals surface area (Å²) < 4.78 is 7.44. The number of amides is 1. The fraction of sp³-hybridized carbons (Fsp3) is 0.0800. The third-order valence-corrected chi connectivity index (χ3v) is 5.69. The van der Waals surface area contributed by atoms with Gasteiger partial charge in [0.1, 0.15) is 17.1 Å². The molecule has 0 saturated carbocycles. The molecule has 0 N–H and O–H groups in total. The molecule has 0 saturated heterocycles. The largest absolute Gasteiger partial charge is 0.460 e. The Labute approximate surface area is 209 Å². The summed E-state index contributed by atoms with van der Waals surface area (Å²) >= 11 is 0. The quantitative estimate of drug-likeness (QED) is 0.205. The Morgan fingerprint density at radius 3 is 2.38 bits per heavy atom. The van der Waals surface area contributed by atoms with Crippen molar-refractivity contribution < 1.29 is 19.1 Å². The Morgan fingerprint density at radius 2 is 1.73 bits per heavy atom. The lowest BCUT2D eigenvalue weighted by molar-refractivity contribution is -0.393. The second kappa shape index (κ2) is 9.00. The van der Waals surface area contributed by atoms with E-state index in [0.717, 1.165) is 28.9 Å². The molecule has 184 valence electrons. The fourth-order valence-electron chi connectivity index (χ4n) is 3.91. The number of non-ortho nitro benzene ring substituents is 1. The molecular weight excluding hydrogens is 480 g/mol. The number of nitro benzene ring substituents is 2. The first-order valence-corrected chi connectivity index (χ1v) is 11.0. The second-order valence-corrected chi connectivity index (χ2v) is 8.17.